The average molecular weight is 414 g/mol. The SMILES string of the molecule is O=C(CCS(=O)(=O)c1ccc(Cl)cc1)NC(c1ccccc1)c1ccccc1. The van der Waals surface area contributed by atoms with Crippen LogP contribution in [0.4, 0.5) is 0 Å². The average Bonchev–Trinajstić information content (AvgIpc) is 2.72. The maximum atomic E-state index is 12.5. The highest BCUT2D eigenvalue weighted by atomic mass is 35.5. The van der Waals surface area contributed by atoms with Crippen molar-refractivity contribution in [1.29, 1.82) is 0 Å². The van der Waals surface area contributed by atoms with Crippen molar-refractivity contribution < 1.29 is 13.2 Å². The summed E-state index contributed by atoms with van der Waals surface area (Å²) in [5.74, 6) is -0.591. The maximum Gasteiger partial charge on any atom is 0.221 e. The van der Waals surface area contributed by atoms with E-state index in [2.05, 4.69) is 5.32 Å². The summed E-state index contributed by atoms with van der Waals surface area (Å²) in [4.78, 5) is 12.7. The van der Waals surface area contributed by atoms with Gasteiger partial charge in [-0.05, 0) is 35.4 Å². The third kappa shape index (κ3) is 5.21. The summed E-state index contributed by atoms with van der Waals surface area (Å²) in [5, 5.41) is 3.42. The van der Waals surface area contributed by atoms with Gasteiger partial charge in [0.05, 0.1) is 16.7 Å². The lowest BCUT2D eigenvalue weighted by Gasteiger charge is -2.20. The monoisotopic (exact) mass is 413 g/mol. The molecular weight excluding hydrogens is 394 g/mol. The third-order valence-corrected chi connectivity index (χ3v) is 6.33. The lowest BCUT2D eigenvalue weighted by atomic mass is 9.98. The quantitative estimate of drug-likeness (QED) is 0.624. The fourth-order valence-electron chi connectivity index (χ4n) is 2.87. The van der Waals surface area contributed by atoms with Crippen LogP contribution in [0.25, 0.3) is 0 Å². The van der Waals surface area contributed by atoms with E-state index in [1.165, 1.54) is 24.3 Å². The number of hydrogen-bond acceptors (Lipinski definition) is 3. The number of nitrogens with one attached hydrogen (secondary N) is 1. The molecule has 0 aliphatic rings. The van der Waals surface area contributed by atoms with Crippen molar-refractivity contribution in [3.05, 3.63) is 101 Å². The van der Waals surface area contributed by atoms with Gasteiger partial charge in [0, 0.05) is 11.4 Å². The lowest BCUT2D eigenvalue weighted by molar-refractivity contribution is -0.121. The van der Waals surface area contributed by atoms with Crippen molar-refractivity contribution in [3.63, 3.8) is 0 Å². The smallest absolute Gasteiger partial charge is 0.221 e. The van der Waals surface area contributed by atoms with Gasteiger partial charge in [0.15, 0.2) is 9.84 Å². The molecule has 0 aromatic heterocycles. The second-order valence-corrected chi connectivity index (χ2v) is 8.89. The first-order chi connectivity index (χ1) is 13.5. The molecule has 0 atom stereocenters. The van der Waals surface area contributed by atoms with Crippen LogP contribution in [-0.4, -0.2) is 20.1 Å². The number of sulfone groups is 1. The number of rotatable bonds is 7. The van der Waals surface area contributed by atoms with Crippen molar-refractivity contribution in [2.45, 2.75) is 17.4 Å². The minimum atomic E-state index is -3.56. The zero-order valence-corrected chi connectivity index (χ0v) is 16.7. The van der Waals surface area contributed by atoms with Gasteiger partial charge in [0.1, 0.15) is 0 Å². The zero-order valence-electron chi connectivity index (χ0n) is 15.1. The summed E-state index contributed by atoms with van der Waals surface area (Å²) >= 11 is 5.80. The Hall–Kier alpha value is -2.63. The standard InChI is InChI=1S/C22H20ClNO3S/c23-19-11-13-20(14-12-19)28(26,27)16-15-21(25)24-22(17-7-3-1-4-8-17)18-9-5-2-6-10-18/h1-14,22H,15-16H2,(H,24,25). The van der Waals surface area contributed by atoms with Crippen molar-refractivity contribution in [1.82, 2.24) is 5.32 Å². The van der Waals surface area contributed by atoms with E-state index in [0.717, 1.165) is 11.1 Å². The molecule has 0 bridgehead atoms. The minimum Gasteiger partial charge on any atom is -0.345 e. The Balaban J connectivity index is 1.71. The Labute approximate surface area is 170 Å². The van der Waals surface area contributed by atoms with Gasteiger partial charge in [0.2, 0.25) is 5.91 Å². The van der Waals surface area contributed by atoms with Crippen LogP contribution in [0.1, 0.15) is 23.6 Å². The van der Waals surface area contributed by atoms with Gasteiger partial charge in [-0.15, -0.1) is 0 Å². The number of carbonyl (C=O) groups is 1. The van der Waals surface area contributed by atoms with Gasteiger partial charge in [-0.1, -0.05) is 72.3 Å². The van der Waals surface area contributed by atoms with E-state index in [4.69, 9.17) is 11.6 Å². The molecule has 0 radical (unpaired) electrons. The molecule has 0 unspecified atom stereocenters. The molecule has 0 heterocycles. The van der Waals surface area contributed by atoms with E-state index in [0.29, 0.717) is 5.02 Å². The van der Waals surface area contributed by atoms with Crippen molar-refractivity contribution in [2.24, 2.45) is 0 Å². The van der Waals surface area contributed by atoms with Crippen molar-refractivity contribution >= 4 is 27.3 Å². The molecule has 3 aromatic rings. The number of carbonyl (C=O) groups excluding carboxylic acids is 1. The van der Waals surface area contributed by atoms with Gasteiger partial charge >= 0.3 is 0 Å². The summed E-state index contributed by atoms with van der Waals surface area (Å²) in [6.07, 6.45) is -0.124. The molecule has 0 saturated carbocycles. The highest BCUT2D eigenvalue weighted by Crippen LogP contribution is 2.22. The minimum absolute atomic E-state index is 0.124. The van der Waals surface area contributed by atoms with Gasteiger partial charge in [-0.3, -0.25) is 4.79 Å². The van der Waals surface area contributed by atoms with Crippen molar-refractivity contribution in [3.8, 4) is 0 Å². The second-order valence-electron chi connectivity index (χ2n) is 6.34. The summed E-state index contributed by atoms with van der Waals surface area (Å²) in [5.41, 5.74) is 1.87. The fraction of sp³-hybridized carbons (Fsp3) is 0.136. The van der Waals surface area contributed by atoms with E-state index >= 15 is 0 Å². The van der Waals surface area contributed by atoms with Gasteiger partial charge in [-0.2, -0.15) is 0 Å². The highest BCUT2D eigenvalue weighted by molar-refractivity contribution is 7.91. The number of amides is 1. The molecule has 0 aliphatic carbocycles. The summed E-state index contributed by atoms with van der Waals surface area (Å²) in [6, 6.07) is 24.8. The van der Waals surface area contributed by atoms with Crippen LogP contribution in [0.15, 0.2) is 89.8 Å². The predicted molar refractivity (Wildman–Crippen MR) is 111 cm³/mol. The molecular formula is C22H20ClNO3S. The summed E-state index contributed by atoms with van der Waals surface area (Å²) in [6.45, 7) is 0. The van der Waals surface area contributed by atoms with Crippen LogP contribution < -0.4 is 5.32 Å². The van der Waals surface area contributed by atoms with Crippen molar-refractivity contribution in [2.75, 3.05) is 5.75 Å². The first-order valence-electron chi connectivity index (χ1n) is 8.83. The zero-order chi connectivity index (χ0) is 20.0. The van der Waals surface area contributed by atoms with Gasteiger partial charge < -0.3 is 5.32 Å². The first kappa shape index (κ1) is 20.1. The fourth-order valence-corrected chi connectivity index (χ4v) is 4.24. The maximum absolute atomic E-state index is 12.5. The Kier molecular flexibility index (Phi) is 6.49. The summed E-state index contributed by atoms with van der Waals surface area (Å²) in [7, 11) is -3.56. The van der Waals surface area contributed by atoms with E-state index in [9.17, 15) is 13.2 Å². The first-order valence-corrected chi connectivity index (χ1v) is 10.9. The van der Waals surface area contributed by atoms with Crippen LogP contribution in [-0.2, 0) is 14.6 Å². The molecule has 6 heteroatoms. The van der Waals surface area contributed by atoms with E-state index in [1.807, 2.05) is 60.7 Å². The van der Waals surface area contributed by atoms with E-state index < -0.39 is 9.84 Å². The molecule has 3 rings (SSSR count). The molecule has 0 aliphatic heterocycles. The topological polar surface area (TPSA) is 63.2 Å². The summed E-state index contributed by atoms with van der Waals surface area (Å²) < 4.78 is 24.9. The Bertz CT molecular complexity index is 981. The molecule has 4 nitrogen and oxygen atoms in total. The molecule has 0 spiro atoms. The number of benzene rings is 3. The van der Waals surface area contributed by atoms with Crippen LogP contribution in [0, 0.1) is 0 Å². The molecule has 0 saturated heterocycles. The Morgan fingerprint density at radius 2 is 1.32 bits per heavy atom. The van der Waals surface area contributed by atoms with Crippen LogP contribution >= 0.6 is 11.6 Å². The number of hydrogen-bond donors (Lipinski definition) is 1. The lowest BCUT2D eigenvalue weighted by Crippen LogP contribution is -2.30. The molecule has 28 heavy (non-hydrogen) atoms. The molecule has 1 N–H and O–H groups in total. The molecule has 144 valence electrons. The van der Waals surface area contributed by atoms with E-state index in [-0.39, 0.29) is 29.0 Å². The van der Waals surface area contributed by atoms with Gasteiger partial charge in [-0.25, -0.2) is 8.42 Å². The number of halogens is 1. The van der Waals surface area contributed by atoms with Crippen LogP contribution in [0.5, 0.6) is 0 Å². The molecule has 3 aromatic carbocycles. The van der Waals surface area contributed by atoms with Gasteiger partial charge in [0.25, 0.3) is 0 Å². The van der Waals surface area contributed by atoms with Crippen LogP contribution in [0.3, 0.4) is 0 Å². The van der Waals surface area contributed by atoms with Crippen LogP contribution in [0.2, 0.25) is 5.02 Å². The third-order valence-electron chi connectivity index (χ3n) is 4.34. The molecule has 0 fully saturated rings. The second kappa shape index (κ2) is 9.04. The predicted octanol–water partition coefficient (Wildman–Crippen LogP) is 4.41. The normalized spacial score (nSPS) is 11.4. The largest absolute Gasteiger partial charge is 0.345 e. The Morgan fingerprint density at radius 1 is 0.821 bits per heavy atom. The Morgan fingerprint density at radius 3 is 1.82 bits per heavy atom. The van der Waals surface area contributed by atoms with E-state index in [1.54, 1.807) is 0 Å². The molecule has 1 amide bonds. The highest BCUT2D eigenvalue weighted by Gasteiger charge is 2.20.